The molecule has 0 saturated carbocycles. The first kappa shape index (κ1) is 12.4. The first-order valence-corrected chi connectivity index (χ1v) is 4.58. The van der Waals surface area contributed by atoms with Crippen LogP contribution in [0.4, 0.5) is 8.78 Å². The summed E-state index contributed by atoms with van der Waals surface area (Å²) in [4.78, 5) is 19.8. The molecule has 0 fully saturated rings. The third kappa shape index (κ3) is 3.50. The van der Waals surface area contributed by atoms with Crippen LogP contribution in [-0.4, -0.2) is 52.0 Å². The molecule has 0 aliphatic rings. The van der Waals surface area contributed by atoms with Crippen LogP contribution in [-0.2, 0) is 0 Å². The molecule has 7 heteroatoms. The van der Waals surface area contributed by atoms with Crippen LogP contribution in [0.15, 0.2) is 18.7 Å². The van der Waals surface area contributed by atoms with Gasteiger partial charge in [0.2, 0.25) is 0 Å². The lowest BCUT2D eigenvalue weighted by Crippen LogP contribution is -2.37. The van der Waals surface area contributed by atoms with Gasteiger partial charge in [0.15, 0.2) is 0 Å². The maximum Gasteiger partial charge on any atom is 0.257 e. The summed E-state index contributed by atoms with van der Waals surface area (Å²) in [5, 5.41) is 8.68. The van der Waals surface area contributed by atoms with Crippen molar-refractivity contribution in [1.82, 2.24) is 14.9 Å². The number of rotatable bonds is 5. The number of alkyl halides is 2. The van der Waals surface area contributed by atoms with E-state index >= 15 is 0 Å². The number of hydrogen-bond acceptors (Lipinski definition) is 4. The lowest BCUT2D eigenvalue weighted by atomic mass is 10.3. The van der Waals surface area contributed by atoms with Crippen LogP contribution >= 0.6 is 0 Å². The molecule has 1 rings (SSSR count). The fourth-order valence-corrected chi connectivity index (χ4v) is 1.16. The molecule has 1 N–H and O–H groups in total. The zero-order valence-corrected chi connectivity index (χ0v) is 8.38. The topological polar surface area (TPSA) is 66.3 Å². The summed E-state index contributed by atoms with van der Waals surface area (Å²) in [6.45, 7) is -1.22. The lowest BCUT2D eigenvalue weighted by Gasteiger charge is -2.20. The highest BCUT2D eigenvalue weighted by atomic mass is 19.3. The minimum Gasteiger partial charge on any atom is -0.395 e. The second-order valence-electron chi connectivity index (χ2n) is 2.99. The smallest absolute Gasteiger partial charge is 0.257 e. The molecule has 0 aliphatic carbocycles. The second kappa shape index (κ2) is 6.06. The van der Waals surface area contributed by atoms with Gasteiger partial charge in [-0.1, -0.05) is 0 Å². The molecular formula is C9H11F2N3O2. The molecule has 0 atom stereocenters. The van der Waals surface area contributed by atoms with Gasteiger partial charge in [0.1, 0.15) is 6.33 Å². The fraction of sp³-hybridized carbons (Fsp3) is 0.444. The standard InChI is InChI=1S/C9H11F2N3O2/c10-8(11)5-14(1-2-15)9(16)7-3-12-6-13-4-7/h3-4,6,8,15H,1-2,5H2. The summed E-state index contributed by atoms with van der Waals surface area (Å²) in [5.74, 6) is -0.616. The molecule has 0 saturated heterocycles. The maximum absolute atomic E-state index is 12.2. The molecule has 0 aromatic carbocycles. The molecule has 0 radical (unpaired) electrons. The van der Waals surface area contributed by atoms with E-state index in [-0.39, 0.29) is 18.7 Å². The summed E-state index contributed by atoms with van der Waals surface area (Å²) < 4.78 is 24.4. The van der Waals surface area contributed by atoms with Crippen molar-refractivity contribution in [3.63, 3.8) is 0 Å². The van der Waals surface area contributed by atoms with Crippen LogP contribution in [0.5, 0.6) is 0 Å². The molecule has 0 unspecified atom stereocenters. The van der Waals surface area contributed by atoms with Crippen molar-refractivity contribution in [1.29, 1.82) is 0 Å². The normalized spacial score (nSPS) is 10.5. The Morgan fingerprint density at radius 3 is 2.56 bits per heavy atom. The van der Waals surface area contributed by atoms with E-state index in [9.17, 15) is 13.6 Å². The molecule has 1 aromatic heterocycles. The molecule has 1 amide bonds. The molecule has 0 aliphatic heterocycles. The van der Waals surface area contributed by atoms with Crippen molar-refractivity contribution in [3.8, 4) is 0 Å². The van der Waals surface area contributed by atoms with Gasteiger partial charge in [-0.05, 0) is 0 Å². The Kier molecular flexibility index (Phi) is 4.71. The van der Waals surface area contributed by atoms with Gasteiger partial charge in [-0.15, -0.1) is 0 Å². The fourth-order valence-electron chi connectivity index (χ4n) is 1.16. The third-order valence-corrected chi connectivity index (χ3v) is 1.82. The zero-order chi connectivity index (χ0) is 12.0. The third-order valence-electron chi connectivity index (χ3n) is 1.82. The van der Waals surface area contributed by atoms with Gasteiger partial charge in [0.25, 0.3) is 12.3 Å². The largest absolute Gasteiger partial charge is 0.395 e. The molecule has 5 nitrogen and oxygen atoms in total. The number of nitrogens with zero attached hydrogens (tertiary/aromatic N) is 3. The monoisotopic (exact) mass is 231 g/mol. The number of hydrogen-bond donors (Lipinski definition) is 1. The van der Waals surface area contributed by atoms with E-state index in [1.54, 1.807) is 0 Å². The van der Waals surface area contributed by atoms with E-state index in [0.29, 0.717) is 0 Å². The van der Waals surface area contributed by atoms with Crippen molar-refractivity contribution < 1.29 is 18.7 Å². The first-order chi connectivity index (χ1) is 7.65. The van der Waals surface area contributed by atoms with Crippen molar-refractivity contribution >= 4 is 5.91 Å². The van der Waals surface area contributed by atoms with E-state index in [0.717, 1.165) is 4.90 Å². The Hall–Kier alpha value is -1.63. The molecule has 0 spiro atoms. The van der Waals surface area contributed by atoms with Gasteiger partial charge < -0.3 is 10.0 Å². The number of carbonyl (C=O) groups excluding carboxylic acids is 1. The number of aliphatic hydroxyl groups excluding tert-OH is 1. The van der Waals surface area contributed by atoms with E-state index in [1.165, 1.54) is 18.7 Å². The van der Waals surface area contributed by atoms with Crippen molar-refractivity contribution in [2.45, 2.75) is 6.43 Å². The predicted octanol–water partition coefficient (Wildman–Crippen LogP) is 0.176. The lowest BCUT2D eigenvalue weighted by molar-refractivity contribution is 0.0508. The van der Waals surface area contributed by atoms with Gasteiger partial charge in [-0.3, -0.25) is 4.79 Å². The van der Waals surface area contributed by atoms with Crippen LogP contribution in [0.2, 0.25) is 0 Å². The van der Waals surface area contributed by atoms with Gasteiger partial charge in [0, 0.05) is 18.9 Å². The Balaban J connectivity index is 2.74. The van der Waals surface area contributed by atoms with Gasteiger partial charge in [-0.25, -0.2) is 18.7 Å². The number of carbonyl (C=O) groups is 1. The van der Waals surface area contributed by atoms with E-state index in [1.807, 2.05) is 0 Å². The number of halogens is 2. The Labute approximate surface area is 90.7 Å². The quantitative estimate of drug-likeness (QED) is 0.784. The van der Waals surface area contributed by atoms with Gasteiger partial charge in [0.05, 0.1) is 18.7 Å². The number of aromatic nitrogens is 2. The van der Waals surface area contributed by atoms with Crippen molar-refractivity contribution in [2.75, 3.05) is 19.7 Å². The minimum atomic E-state index is -2.64. The second-order valence-corrected chi connectivity index (χ2v) is 2.99. The van der Waals surface area contributed by atoms with Crippen LogP contribution < -0.4 is 0 Å². The Bertz CT molecular complexity index is 335. The summed E-state index contributed by atoms with van der Waals surface area (Å²) in [5.41, 5.74) is 0.122. The molecule has 1 heterocycles. The Morgan fingerprint density at radius 2 is 2.06 bits per heavy atom. The summed E-state index contributed by atoms with van der Waals surface area (Å²) in [6, 6.07) is 0. The molecular weight excluding hydrogens is 220 g/mol. The highest BCUT2D eigenvalue weighted by molar-refractivity contribution is 5.93. The SMILES string of the molecule is O=C(c1cncnc1)N(CCO)CC(F)F. The zero-order valence-electron chi connectivity index (χ0n) is 8.38. The summed E-state index contributed by atoms with van der Waals surface area (Å²) in [7, 11) is 0. The summed E-state index contributed by atoms with van der Waals surface area (Å²) in [6.07, 6.45) is 1.08. The van der Waals surface area contributed by atoms with Crippen molar-refractivity contribution in [3.05, 3.63) is 24.3 Å². The maximum atomic E-state index is 12.2. The van der Waals surface area contributed by atoms with Crippen LogP contribution in [0, 0.1) is 0 Å². The van der Waals surface area contributed by atoms with E-state index in [2.05, 4.69) is 9.97 Å². The van der Waals surface area contributed by atoms with Crippen LogP contribution in [0.25, 0.3) is 0 Å². The molecule has 0 bridgehead atoms. The van der Waals surface area contributed by atoms with Crippen LogP contribution in [0.3, 0.4) is 0 Å². The van der Waals surface area contributed by atoms with E-state index < -0.39 is 18.9 Å². The highest BCUT2D eigenvalue weighted by Gasteiger charge is 2.19. The van der Waals surface area contributed by atoms with Gasteiger partial charge in [-0.2, -0.15) is 0 Å². The average molecular weight is 231 g/mol. The molecule has 88 valence electrons. The minimum absolute atomic E-state index is 0.122. The van der Waals surface area contributed by atoms with Gasteiger partial charge >= 0.3 is 0 Å². The van der Waals surface area contributed by atoms with E-state index in [4.69, 9.17) is 5.11 Å². The highest BCUT2D eigenvalue weighted by Crippen LogP contribution is 2.04. The van der Waals surface area contributed by atoms with Crippen LogP contribution in [0.1, 0.15) is 10.4 Å². The average Bonchev–Trinajstić information content (AvgIpc) is 2.28. The summed E-state index contributed by atoms with van der Waals surface area (Å²) >= 11 is 0. The molecule has 16 heavy (non-hydrogen) atoms. The Morgan fingerprint density at radius 1 is 1.44 bits per heavy atom. The van der Waals surface area contributed by atoms with Crippen molar-refractivity contribution in [2.24, 2.45) is 0 Å². The number of amides is 1. The number of aliphatic hydroxyl groups is 1. The predicted molar refractivity (Wildman–Crippen MR) is 51.0 cm³/mol. The first-order valence-electron chi connectivity index (χ1n) is 4.58. The molecule has 1 aromatic rings.